The SMILES string of the molecule is O=C1CN(c2ccc(NC=C3C(=O)Nc4cc(F)ccc43)cc2F)CCN1. The lowest BCUT2D eigenvalue weighted by atomic mass is 10.1. The quantitative estimate of drug-likeness (QED) is 0.725. The Balaban J connectivity index is 1.54. The molecule has 138 valence electrons. The van der Waals surface area contributed by atoms with E-state index >= 15 is 0 Å². The van der Waals surface area contributed by atoms with E-state index in [9.17, 15) is 18.4 Å². The Morgan fingerprint density at radius 1 is 1.11 bits per heavy atom. The fourth-order valence-electron chi connectivity index (χ4n) is 3.16. The van der Waals surface area contributed by atoms with Gasteiger partial charge in [0, 0.05) is 30.5 Å². The molecule has 0 bridgehead atoms. The minimum atomic E-state index is -0.466. The summed E-state index contributed by atoms with van der Waals surface area (Å²) in [6, 6.07) is 8.60. The Labute approximate surface area is 153 Å². The number of benzene rings is 2. The van der Waals surface area contributed by atoms with Gasteiger partial charge in [-0.1, -0.05) is 0 Å². The summed E-state index contributed by atoms with van der Waals surface area (Å²) < 4.78 is 27.7. The highest BCUT2D eigenvalue weighted by Crippen LogP contribution is 2.32. The van der Waals surface area contributed by atoms with Gasteiger partial charge >= 0.3 is 0 Å². The van der Waals surface area contributed by atoms with Crippen LogP contribution in [-0.2, 0) is 9.59 Å². The summed E-state index contributed by atoms with van der Waals surface area (Å²) >= 11 is 0. The van der Waals surface area contributed by atoms with Crippen LogP contribution in [0.25, 0.3) is 5.57 Å². The number of hydrogen-bond donors (Lipinski definition) is 3. The van der Waals surface area contributed by atoms with Gasteiger partial charge in [0.05, 0.1) is 23.5 Å². The van der Waals surface area contributed by atoms with E-state index < -0.39 is 11.6 Å². The van der Waals surface area contributed by atoms with Crippen LogP contribution in [0.4, 0.5) is 25.8 Å². The average molecular weight is 370 g/mol. The zero-order valence-electron chi connectivity index (χ0n) is 14.2. The zero-order chi connectivity index (χ0) is 19.0. The van der Waals surface area contributed by atoms with Crippen molar-refractivity contribution in [1.82, 2.24) is 5.32 Å². The predicted octanol–water partition coefficient (Wildman–Crippen LogP) is 2.31. The van der Waals surface area contributed by atoms with E-state index in [1.165, 1.54) is 30.5 Å². The third-order valence-electron chi connectivity index (χ3n) is 4.47. The summed E-state index contributed by atoms with van der Waals surface area (Å²) in [6.45, 7) is 1.12. The number of nitrogens with one attached hydrogen (secondary N) is 3. The molecule has 27 heavy (non-hydrogen) atoms. The molecule has 0 aliphatic carbocycles. The van der Waals surface area contributed by atoms with Crippen molar-refractivity contribution in [3.8, 4) is 0 Å². The molecule has 8 heteroatoms. The van der Waals surface area contributed by atoms with Gasteiger partial charge in [0.2, 0.25) is 5.91 Å². The first-order chi connectivity index (χ1) is 13.0. The zero-order valence-corrected chi connectivity index (χ0v) is 14.2. The Bertz CT molecular complexity index is 974. The summed E-state index contributed by atoms with van der Waals surface area (Å²) in [4.78, 5) is 25.2. The first-order valence-electron chi connectivity index (χ1n) is 8.40. The first kappa shape index (κ1) is 17.0. The molecule has 2 aliphatic rings. The number of anilines is 3. The summed E-state index contributed by atoms with van der Waals surface area (Å²) in [6.07, 6.45) is 1.46. The van der Waals surface area contributed by atoms with E-state index in [0.29, 0.717) is 41.3 Å². The molecule has 1 saturated heterocycles. The van der Waals surface area contributed by atoms with Crippen molar-refractivity contribution in [1.29, 1.82) is 0 Å². The normalized spacial score (nSPS) is 17.6. The second kappa shape index (κ2) is 6.71. The molecule has 3 N–H and O–H groups in total. The van der Waals surface area contributed by atoms with Crippen LogP contribution in [0.1, 0.15) is 5.56 Å². The van der Waals surface area contributed by atoms with E-state index in [1.807, 2.05) is 0 Å². The molecular weight excluding hydrogens is 354 g/mol. The van der Waals surface area contributed by atoms with E-state index in [0.717, 1.165) is 0 Å². The van der Waals surface area contributed by atoms with Gasteiger partial charge in [-0.2, -0.15) is 0 Å². The number of carbonyl (C=O) groups excluding carboxylic acids is 2. The second-order valence-corrected chi connectivity index (χ2v) is 6.28. The monoisotopic (exact) mass is 370 g/mol. The van der Waals surface area contributed by atoms with Crippen molar-refractivity contribution in [3.63, 3.8) is 0 Å². The number of carbonyl (C=O) groups is 2. The van der Waals surface area contributed by atoms with Gasteiger partial charge in [0.15, 0.2) is 0 Å². The summed E-state index contributed by atoms with van der Waals surface area (Å²) in [7, 11) is 0. The lowest BCUT2D eigenvalue weighted by molar-refractivity contribution is -0.120. The lowest BCUT2D eigenvalue weighted by Gasteiger charge is -2.29. The maximum atomic E-state index is 14.5. The van der Waals surface area contributed by atoms with Gasteiger partial charge in [-0.15, -0.1) is 0 Å². The van der Waals surface area contributed by atoms with E-state index in [2.05, 4.69) is 16.0 Å². The molecule has 0 atom stereocenters. The van der Waals surface area contributed by atoms with E-state index in [1.54, 1.807) is 17.0 Å². The average Bonchev–Trinajstić information content (AvgIpc) is 2.94. The smallest absolute Gasteiger partial charge is 0.257 e. The first-order valence-corrected chi connectivity index (χ1v) is 8.40. The van der Waals surface area contributed by atoms with Gasteiger partial charge < -0.3 is 20.9 Å². The van der Waals surface area contributed by atoms with Crippen LogP contribution in [0.5, 0.6) is 0 Å². The molecule has 2 aromatic carbocycles. The van der Waals surface area contributed by atoms with Crippen molar-refractivity contribution in [2.24, 2.45) is 0 Å². The van der Waals surface area contributed by atoms with Crippen molar-refractivity contribution in [2.75, 3.05) is 35.2 Å². The van der Waals surface area contributed by atoms with Gasteiger partial charge in [-0.3, -0.25) is 9.59 Å². The second-order valence-electron chi connectivity index (χ2n) is 6.28. The minimum absolute atomic E-state index is 0.112. The van der Waals surface area contributed by atoms with Crippen LogP contribution >= 0.6 is 0 Å². The highest BCUT2D eigenvalue weighted by molar-refractivity contribution is 6.31. The summed E-state index contributed by atoms with van der Waals surface area (Å²) in [5.41, 5.74) is 2.11. The van der Waals surface area contributed by atoms with Crippen molar-refractivity contribution >= 4 is 34.4 Å². The number of amides is 2. The van der Waals surface area contributed by atoms with Crippen molar-refractivity contribution in [2.45, 2.75) is 0 Å². The van der Waals surface area contributed by atoms with Gasteiger partial charge in [-0.25, -0.2) is 8.78 Å². The number of halogens is 2. The molecule has 2 heterocycles. The van der Waals surface area contributed by atoms with Crippen LogP contribution < -0.4 is 20.9 Å². The number of hydrogen-bond acceptors (Lipinski definition) is 4. The van der Waals surface area contributed by atoms with Gasteiger partial charge in [0.1, 0.15) is 11.6 Å². The number of rotatable bonds is 3. The van der Waals surface area contributed by atoms with E-state index in [4.69, 9.17) is 0 Å². The minimum Gasteiger partial charge on any atom is -0.361 e. The summed E-state index contributed by atoms with van der Waals surface area (Å²) in [5.74, 6) is -1.41. The topological polar surface area (TPSA) is 73.5 Å². The Morgan fingerprint density at radius 2 is 1.96 bits per heavy atom. The molecule has 0 aromatic heterocycles. The fraction of sp³-hybridized carbons (Fsp3) is 0.158. The summed E-state index contributed by atoms with van der Waals surface area (Å²) in [5, 5.41) is 8.18. The molecule has 0 unspecified atom stereocenters. The van der Waals surface area contributed by atoms with Gasteiger partial charge in [0.25, 0.3) is 5.91 Å². The standard InChI is InChI=1S/C19H16F2N4O2/c20-11-1-3-13-14(19(27)24-16(13)7-11)9-23-12-2-4-17(15(21)8-12)25-6-5-22-18(26)10-25/h1-4,7-9,23H,5-6,10H2,(H,22,26)(H,24,27). The molecule has 2 amide bonds. The maximum absolute atomic E-state index is 14.5. The Kier molecular flexibility index (Phi) is 4.23. The molecule has 0 spiro atoms. The number of fused-ring (bicyclic) bond motifs is 1. The fourth-order valence-corrected chi connectivity index (χ4v) is 3.16. The number of nitrogens with zero attached hydrogens (tertiary/aromatic N) is 1. The largest absolute Gasteiger partial charge is 0.361 e. The van der Waals surface area contributed by atoms with Crippen LogP contribution in [0, 0.1) is 11.6 Å². The van der Waals surface area contributed by atoms with Crippen LogP contribution in [-0.4, -0.2) is 31.4 Å². The lowest BCUT2D eigenvalue weighted by Crippen LogP contribution is -2.48. The third-order valence-corrected chi connectivity index (χ3v) is 4.47. The van der Waals surface area contributed by atoms with Crippen LogP contribution in [0.2, 0.25) is 0 Å². The van der Waals surface area contributed by atoms with Crippen LogP contribution in [0.15, 0.2) is 42.6 Å². The number of piperazine rings is 1. The Hall–Kier alpha value is -3.42. The van der Waals surface area contributed by atoms with Gasteiger partial charge in [-0.05, 0) is 36.4 Å². The van der Waals surface area contributed by atoms with Crippen molar-refractivity contribution in [3.05, 3.63) is 59.8 Å². The predicted molar refractivity (Wildman–Crippen MR) is 98.3 cm³/mol. The van der Waals surface area contributed by atoms with Crippen LogP contribution in [0.3, 0.4) is 0 Å². The molecular formula is C19H16F2N4O2. The molecule has 4 rings (SSSR count). The molecule has 0 radical (unpaired) electrons. The van der Waals surface area contributed by atoms with E-state index in [-0.39, 0.29) is 18.4 Å². The van der Waals surface area contributed by atoms with Crippen molar-refractivity contribution < 1.29 is 18.4 Å². The molecule has 2 aliphatic heterocycles. The molecule has 6 nitrogen and oxygen atoms in total. The molecule has 1 fully saturated rings. The third kappa shape index (κ3) is 3.33. The highest BCUT2D eigenvalue weighted by atomic mass is 19.1. The molecule has 0 saturated carbocycles. The highest BCUT2D eigenvalue weighted by Gasteiger charge is 2.24. The Morgan fingerprint density at radius 3 is 2.74 bits per heavy atom. The maximum Gasteiger partial charge on any atom is 0.257 e. The molecule has 2 aromatic rings.